The van der Waals surface area contributed by atoms with Crippen LogP contribution >= 0.6 is 22.6 Å². The number of hydrogen-bond donors (Lipinski definition) is 2. The van der Waals surface area contributed by atoms with Crippen LogP contribution in [-0.2, 0) is 9.53 Å². The minimum absolute atomic E-state index is 0.0110. The minimum Gasteiger partial charge on any atom is -0.479 e. The van der Waals surface area contributed by atoms with Crippen molar-refractivity contribution in [1.82, 2.24) is 5.32 Å². The van der Waals surface area contributed by atoms with E-state index in [2.05, 4.69) is 27.9 Å². The van der Waals surface area contributed by atoms with E-state index < -0.39 is 11.5 Å². The molecule has 2 rings (SSSR count). The Hall–Kier alpha value is -1.15. The molecule has 2 N–H and O–H groups in total. The maximum Gasteiger partial charge on any atom is 0.331 e. The van der Waals surface area contributed by atoms with Crippen molar-refractivity contribution in [2.24, 2.45) is 0 Å². The summed E-state index contributed by atoms with van der Waals surface area (Å²) in [5, 5.41) is 11.9. The first kappa shape index (κ1) is 14.3. The summed E-state index contributed by atoms with van der Waals surface area (Å²) in [6.07, 6.45) is 0.289. The molecule has 1 heterocycles. The molecule has 0 aromatic heterocycles. The third kappa shape index (κ3) is 2.74. The van der Waals surface area contributed by atoms with E-state index in [0.29, 0.717) is 12.2 Å². The van der Waals surface area contributed by atoms with Crippen LogP contribution in [0.3, 0.4) is 0 Å². The lowest BCUT2D eigenvalue weighted by molar-refractivity contribution is -0.144. The highest BCUT2D eigenvalue weighted by Gasteiger charge is 2.44. The first-order chi connectivity index (χ1) is 8.96. The fourth-order valence-electron chi connectivity index (χ4n) is 2.02. The molecule has 1 amide bonds. The smallest absolute Gasteiger partial charge is 0.331 e. The summed E-state index contributed by atoms with van der Waals surface area (Å²) in [7, 11) is 0. The van der Waals surface area contributed by atoms with E-state index in [0.717, 1.165) is 9.13 Å². The largest absolute Gasteiger partial charge is 0.479 e. The second-order valence-electron chi connectivity index (χ2n) is 4.56. The van der Waals surface area contributed by atoms with Gasteiger partial charge in [0.1, 0.15) is 0 Å². The minimum atomic E-state index is -1.30. The second-order valence-corrected chi connectivity index (χ2v) is 5.72. The molecule has 1 fully saturated rings. The summed E-state index contributed by atoms with van der Waals surface area (Å²) >= 11 is 2.14. The topological polar surface area (TPSA) is 75.6 Å². The third-order valence-electron chi connectivity index (χ3n) is 3.30. The lowest BCUT2D eigenvalue weighted by atomic mass is 9.97. The maximum absolute atomic E-state index is 12.3. The summed E-state index contributed by atoms with van der Waals surface area (Å²) in [6.45, 7) is 2.20. The van der Waals surface area contributed by atoms with Gasteiger partial charge in [0.15, 0.2) is 5.54 Å². The van der Waals surface area contributed by atoms with Crippen molar-refractivity contribution in [2.75, 3.05) is 13.2 Å². The number of carboxylic acids is 1. The van der Waals surface area contributed by atoms with Gasteiger partial charge in [0.2, 0.25) is 0 Å². The van der Waals surface area contributed by atoms with Crippen LogP contribution in [0.4, 0.5) is 0 Å². The molecule has 1 saturated heterocycles. The Bertz CT molecular complexity index is 523. The summed E-state index contributed by atoms with van der Waals surface area (Å²) in [4.78, 5) is 23.6. The number of carboxylic acid groups (broad SMARTS) is 1. The van der Waals surface area contributed by atoms with Crippen LogP contribution in [0, 0.1) is 10.5 Å². The van der Waals surface area contributed by atoms with E-state index in [1.165, 1.54) is 0 Å². The van der Waals surface area contributed by atoms with E-state index in [-0.39, 0.29) is 18.9 Å². The molecule has 1 aromatic rings. The number of rotatable bonds is 3. The van der Waals surface area contributed by atoms with Crippen molar-refractivity contribution in [3.05, 3.63) is 32.9 Å². The molecule has 5 nitrogen and oxygen atoms in total. The van der Waals surface area contributed by atoms with Crippen LogP contribution in [-0.4, -0.2) is 35.7 Å². The fourth-order valence-corrected chi connectivity index (χ4v) is 2.52. The average Bonchev–Trinajstić information content (AvgIpc) is 2.82. The van der Waals surface area contributed by atoms with E-state index in [1.807, 2.05) is 13.0 Å². The Morgan fingerprint density at radius 2 is 2.21 bits per heavy atom. The van der Waals surface area contributed by atoms with E-state index >= 15 is 0 Å². The zero-order valence-corrected chi connectivity index (χ0v) is 12.6. The van der Waals surface area contributed by atoms with Gasteiger partial charge in [0, 0.05) is 22.2 Å². The normalized spacial score (nSPS) is 22.2. The predicted octanol–water partition coefficient (Wildman–Crippen LogP) is 1.57. The highest BCUT2D eigenvalue weighted by atomic mass is 127. The average molecular weight is 375 g/mol. The zero-order chi connectivity index (χ0) is 14.0. The Morgan fingerprint density at radius 3 is 2.79 bits per heavy atom. The number of carbonyl (C=O) groups is 2. The van der Waals surface area contributed by atoms with Gasteiger partial charge in [-0.1, -0.05) is 6.07 Å². The molecule has 1 aliphatic rings. The monoisotopic (exact) mass is 375 g/mol. The number of aliphatic carboxylic acids is 1. The van der Waals surface area contributed by atoms with Gasteiger partial charge in [-0.05, 0) is 47.2 Å². The number of halogens is 1. The van der Waals surface area contributed by atoms with Gasteiger partial charge in [0.05, 0.1) is 6.61 Å². The molecule has 0 radical (unpaired) electrons. The standard InChI is InChI=1S/C13H14INO4/c1-8-9(3-2-4-10(8)14)11(16)15-13(12(17)18)5-6-19-7-13/h2-4H,5-7H2,1H3,(H,15,16)(H,17,18). The van der Waals surface area contributed by atoms with Gasteiger partial charge in [0.25, 0.3) is 5.91 Å². The zero-order valence-electron chi connectivity index (χ0n) is 10.4. The van der Waals surface area contributed by atoms with Gasteiger partial charge in [-0.2, -0.15) is 0 Å². The van der Waals surface area contributed by atoms with Gasteiger partial charge < -0.3 is 15.2 Å². The van der Waals surface area contributed by atoms with Crippen molar-refractivity contribution in [2.45, 2.75) is 18.9 Å². The molecular weight excluding hydrogens is 361 g/mol. The summed E-state index contributed by atoms with van der Waals surface area (Å²) in [5.41, 5.74) is 0.0459. The molecule has 0 aliphatic carbocycles. The Balaban J connectivity index is 2.25. The summed E-state index contributed by atoms with van der Waals surface area (Å²) in [6, 6.07) is 5.37. The number of nitrogens with one attached hydrogen (secondary N) is 1. The van der Waals surface area contributed by atoms with E-state index in [1.54, 1.807) is 12.1 Å². The molecule has 1 atom stereocenters. The fraction of sp³-hybridized carbons (Fsp3) is 0.385. The molecule has 0 bridgehead atoms. The lowest BCUT2D eigenvalue weighted by Gasteiger charge is -2.24. The Morgan fingerprint density at radius 1 is 1.47 bits per heavy atom. The highest BCUT2D eigenvalue weighted by molar-refractivity contribution is 14.1. The van der Waals surface area contributed by atoms with E-state index in [9.17, 15) is 14.7 Å². The third-order valence-corrected chi connectivity index (χ3v) is 4.46. The van der Waals surface area contributed by atoms with Crippen molar-refractivity contribution < 1.29 is 19.4 Å². The molecule has 1 aromatic carbocycles. The molecular formula is C13H14INO4. The molecule has 102 valence electrons. The number of benzene rings is 1. The first-order valence-corrected chi connectivity index (χ1v) is 6.93. The quantitative estimate of drug-likeness (QED) is 0.787. The lowest BCUT2D eigenvalue weighted by Crippen LogP contribution is -2.55. The molecule has 0 saturated carbocycles. The van der Waals surface area contributed by atoms with Gasteiger partial charge >= 0.3 is 5.97 Å². The number of ether oxygens (including phenoxy) is 1. The summed E-state index contributed by atoms with van der Waals surface area (Å²) in [5.74, 6) is -1.43. The van der Waals surface area contributed by atoms with Crippen LogP contribution < -0.4 is 5.32 Å². The number of amides is 1. The Labute approximate surface area is 124 Å². The van der Waals surface area contributed by atoms with Gasteiger partial charge in [-0.25, -0.2) is 4.79 Å². The molecule has 1 aliphatic heterocycles. The second kappa shape index (κ2) is 5.46. The van der Waals surface area contributed by atoms with Gasteiger partial charge in [-0.15, -0.1) is 0 Å². The maximum atomic E-state index is 12.3. The van der Waals surface area contributed by atoms with Crippen molar-refractivity contribution >= 4 is 34.5 Å². The summed E-state index contributed by atoms with van der Waals surface area (Å²) < 4.78 is 6.09. The van der Waals surface area contributed by atoms with Crippen LogP contribution in [0.15, 0.2) is 18.2 Å². The van der Waals surface area contributed by atoms with E-state index in [4.69, 9.17) is 4.74 Å². The number of hydrogen-bond acceptors (Lipinski definition) is 3. The van der Waals surface area contributed by atoms with Gasteiger partial charge in [-0.3, -0.25) is 4.79 Å². The van der Waals surface area contributed by atoms with Crippen LogP contribution in [0.2, 0.25) is 0 Å². The SMILES string of the molecule is Cc1c(I)cccc1C(=O)NC1(C(=O)O)CCOC1. The molecule has 19 heavy (non-hydrogen) atoms. The van der Waals surface area contributed by atoms with Crippen LogP contribution in [0.5, 0.6) is 0 Å². The Kier molecular flexibility index (Phi) is 4.10. The molecule has 6 heteroatoms. The van der Waals surface area contributed by atoms with Crippen LogP contribution in [0.25, 0.3) is 0 Å². The first-order valence-electron chi connectivity index (χ1n) is 5.85. The van der Waals surface area contributed by atoms with Crippen molar-refractivity contribution in [1.29, 1.82) is 0 Å². The number of carbonyl (C=O) groups excluding carboxylic acids is 1. The van der Waals surface area contributed by atoms with Crippen molar-refractivity contribution in [3.8, 4) is 0 Å². The predicted molar refractivity (Wildman–Crippen MR) is 77.2 cm³/mol. The van der Waals surface area contributed by atoms with Crippen LogP contribution in [0.1, 0.15) is 22.3 Å². The molecule has 1 unspecified atom stereocenters. The molecule has 0 spiro atoms. The van der Waals surface area contributed by atoms with Crippen molar-refractivity contribution in [3.63, 3.8) is 0 Å². The highest BCUT2D eigenvalue weighted by Crippen LogP contribution is 2.21.